The quantitative estimate of drug-likeness (QED) is 0.886. The lowest BCUT2D eigenvalue weighted by Crippen LogP contribution is -2.28. The van der Waals surface area contributed by atoms with Crippen LogP contribution in [0.2, 0.25) is 0 Å². The van der Waals surface area contributed by atoms with Crippen molar-refractivity contribution < 1.29 is 18.7 Å². The molecule has 0 aromatic heterocycles. The normalized spacial score (nSPS) is 23.1. The minimum Gasteiger partial charge on any atom is -0.396 e. The molecule has 1 aromatic rings. The summed E-state index contributed by atoms with van der Waals surface area (Å²) >= 11 is 0. The van der Waals surface area contributed by atoms with Gasteiger partial charge in [0.25, 0.3) is 0 Å². The maximum Gasteiger partial charge on any atom is 0.227 e. The van der Waals surface area contributed by atoms with Crippen molar-refractivity contribution in [1.29, 1.82) is 0 Å². The summed E-state index contributed by atoms with van der Waals surface area (Å²) in [5.74, 6) is -1.89. The Hall–Kier alpha value is -1.49. The number of benzene rings is 1. The van der Waals surface area contributed by atoms with Gasteiger partial charge in [-0.25, -0.2) is 8.78 Å². The van der Waals surface area contributed by atoms with Crippen LogP contribution in [0, 0.1) is 23.5 Å². The first-order valence-electron chi connectivity index (χ1n) is 6.47. The van der Waals surface area contributed by atoms with Crippen LogP contribution in [0.4, 0.5) is 14.5 Å². The van der Waals surface area contributed by atoms with Gasteiger partial charge in [-0.15, -0.1) is 0 Å². The minimum absolute atomic E-state index is 0.115. The fourth-order valence-electron chi connectivity index (χ4n) is 2.43. The zero-order valence-corrected chi connectivity index (χ0v) is 10.5. The van der Waals surface area contributed by atoms with E-state index in [0.717, 1.165) is 37.8 Å². The van der Waals surface area contributed by atoms with Gasteiger partial charge in [0.1, 0.15) is 0 Å². The van der Waals surface area contributed by atoms with Crippen molar-refractivity contribution in [2.24, 2.45) is 11.8 Å². The molecule has 2 rings (SSSR count). The summed E-state index contributed by atoms with van der Waals surface area (Å²) in [6.07, 6.45) is 3.10. The Morgan fingerprint density at radius 1 is 1.21 bits per heavy atom. The average molecular weight is 269 g/mol. The molecule has 0 spiro atoms. The number of aliphatic hydroxyl groups is 1. The van der Waals surface area contributed by atoms with Crippen LogP contribution in [-0.4, -0.2) is 17.6 Å². The number of halogens is 2. The van der Waals surface area contributed by atoms with E-state index in [2.05, 4.69) is 5.32 Å². The van der Waals surface area contributed by atoms with Gasteiger partial charge in [-0.05, 0) is 43.7 Å². The molecule has 5 heteroatoms. The van der Waals surface area contributed by atoms with Crippen LogP contribution in [-0.2, 0) is 4.79 Å². The van der Waals surface area contributed by atoms with E-state index < -0.39 is 11.6 Å². The van der Waals surface area contributed by atoms with E-state index in [-0.39, 0.29) is 30.0 Å². The monoisotopic (exact) mass is 269 g/mol. The number of amides is 1. The SMILES string of the molecule is O=C(Nc1ccc(F)c(F)c1)C1CCC(CO)CC1. The molecule has 1 amide bonds. The Labute approximate surface area is 110 Å². The maximum atomic E-state index is 13.0. The van der Waals surface area contributed by atoms with Crippen molar-refractivity contribution in [3.63, 3.8) is 0 Å². The van der Waals surface area contributed by atoms with Gasteiger partial charge < -0.3 is 10.4 Å². The highest BCUT2D eigenvalue weighted by molar-refractivity contribution is 5.92. The highest BCUT2D eigenvalue weighted by atomic mass is 19.2. The second-order valence-electron chi connectivity index (χ2n) is 5.02. The number of carbonyl (C=O) groups excluding carboxylic acids is 1. The molecule has 1 aliphatic carbocycles. The largest absolute Gasteiger partial charge is 0.396 e. The number of anilines is 1. The fourth-order valence-corrected chi connectivity index (χ4v) is 2.43. The van der Waals surface area contributed by atoms with Crippen LogP contribution >= 0.6 is 0 Å². The molecule has 19 heavy (non-hydrogen) atoms. The van der Waals surface area contributed by atoms with Crippen molar-refractivity contribution >= 4 is 11.6 Å². The Kier molecular flexibility index (Phi) is 4.47. The molecule has 1 saturated carbocycles. The Bertz CT molecular complexity index is 457. The summed E-state index contributed by atoms with van der Waals surface area (Å²) in [7, 11) is 0. The third-order valence-electron chi connectivity index (χ3n) is 3.66. The van der Waals surface area contributed by atoms with Gasteiger partial charge in [0, 0.05) is 24.3 Å². The summed E-state index contributed by atoms with van der Waals surface area (Å²) in [6, 6.07) is 3.32. The van der Waals surface area contributed by atoms with E-state index in [1.165, 1.54) is 6.07 Å². The van der Waals surface area contributed by atoms with E-state index in [0.29, 0.717) is 0 Å². The first-order valence-corrected chi connectivity index (χ1v) is 6.47. The number of rotatable bonds is 3. The second kappa shape index (κ2) is 6.10. The van der Waals surface area contributed by atoms with Crippen LogP contribution < -0.4 is 5.32 Å². The Morgan fingerprint density at radius 2 is 1.89 bits per heavy atom. The van der Waals surface area contributed by atoms with Gasteiger partial charge in [-0.3, -0.25) is 4.79 Å². The summed E-state index contributed by atoms with van der Waals surface area (Å²) in [6.45, 7) is 0.164. The highest BCUT2D eigenvalue weighted by Crippen LogP contribution is 2.29. The van der Waals surface area contributed by atoms with E-state index in [9.17, 15) is 13.6 Å². The van der Waals surface area contributed by atoms with E-state index >= 15 is 0 Å². The van der Waals surface area contributed by atoms with Crippen LogP contribution in [0.5, 0.6) is 0 Å². The molecule has 0 radical (unpaired) electrons. The average Bonchev–Trinajstić information content (AvgIpc) is 2.43. The summed E-state index contributed by atoms with van der Waals surface area (Å²) in [5, 5.41) is 11.6. The molecule has 0 aliphatic heterocycles. The van der Waals surface area contributed by atoms with Gasteiger partial charge in [-0.2, -0.15) is 0 Å². The number of hydrogen-bond acceptors (Lipinski definition) is 2. The summed E-state index contributed by atoms with van der Waals surface area (Å²) < 4.78 is 25.8. The van der Waals surface area contributed by atoms with E-state index in [1.807, 2.05) is 0 Å². The molecule has 1 fully saturated rings. The van der Waals surface area contributed by atoms with E-state index in [4.69, 9.17) is 5.11 Å². The third kappa shape index (κ3) is 3.50. The fraction of sp³-hybridized carbons (Fsp3) is 0.500. The minimum atomic E-state index is -0.971. The lowest BCUT2D eigenvalue weighted by Gasteiger charge is -2.26. The number of carbonyl (C=O) groups is 1. The van der Waals surface area contributed by atoms with E-state index in [1.54, 1.807) is 0 Å². The van der Waals surface area contributed by atoms with Gasteiger partial charge >= 0.3 is 0 Å². The number of nitrogens with one attached hydrogen (secondary N) is 1. The zero-order valence-electron chi connectivity index (χ0n) is 10.5. The molecular weight excluding hydrogens is 252 g/mol. The first-order chi connectivity index (χ1) is 9.10. The molecule has 2 N–H and O–H groups in total. The van der Waals surface area contributed by atoms with Gasteiger partial charge in [0.05, 0.1) is 0 Å². The molecule has 0 unspecified atom stereocenters. The number of aliphatic hydroxyl groups excluding tert-OH is 1. The molecule has 3 nitrogen and oxygen atoms in total. The molecule has 0 heterocycles. The standard InChI is InChI=1S/C14H17F2NO2/c15-12-6-5-11(7-13(12)16)17-14(19)10-3-1-9(8-18)2-4-10/h5-7,9-10,18H,1-4,8H2,(H,17,19). The molecule has 1 aliphatic rings. The topological polar surface area (TPSA) is 49.3 Å². The van der Waals surface area contributed by atoms with Crippen molar-refractivity contribution in [3.05, 3.63) is 29.8 Å². The second-order valence-corrected chi connectivity index (χ2v) is 5.02. The summed E-state index contributed by atoms with van der Waals surface area (Å²) in [5.41, 5.74) is 0.271. The molecule has 0 bridgehead atoms. The van der Waals surface area contributed by atoms with Crippen LogP contribution in [0.15, 0.2) is 18.2 Å². The van der Waals surface area contributed by atoms with Crippen molar-refractivity contribution in [1.82, 2.24) is 0 Å². The van der Waals surface area contributed by atoms with Crippen LogP contribution in [0.3, 0.4) is 0 Å². The Balaban J connectivity index is 1.92. The zero-order chi connectivity index (χ0) is 13.8. The van der Waals surface area contributed by atoms with Crippen LogP contribution in [0.1, 0.15) is 25.7 Å². The molecular formula is C14H17F2NO2. The molecule has 0 saturated heterocycles. The summed E-state index contributed by atoms with van der Waals surface area (Å²) in [4.78, 5) is 12.0. The predicted octanol–water partition coefficient (Wildman–Crippen LogP) is 2.70. The molecule has 1 aromatic carbocycles. The van der Waals surface area contributed by atoms with Crippen molar-refractivity contribution in [3.8, 4) is 0 Å². The van der Waals surface area contributed by atoms with Crippen molar-refractivity contribution in [2.45, 2.75) is 25.7 Å². The van der Waals surface area contributed by atoms with Crippen molar-refractivity contribution in [2.75, 3.05) is 11.9 Å². The first kappa shape index (κ1) is 13.9. The predicted molar refractivity (Wildman–Crippen MR) is 67.5 cm³/mol. The lowest BCUT2D eigenvalue weighted by atomic mass is 9.82. The van der Waals surface area contributed by atoms with Gasteiger partial charge in [0.2, 0.25) is 5.91 Å². The molecule has 0 atom stereocenters. The maximum absolute atomic E-state index is 13.0. The highest BCUT2D eigenvalue weighted by Gasteiger charge is 2.26. The van der Waals surface area contributed by atoms with Gasteiger partial charge in [0.15, 0.2) is 11.6 Å². The smallest absolute Gasteiger partial charge is 0.227 e. The Morgan fingerprint density at radius 3 is 2.47 bits per heavy atom. The molecule has 104 valence electrons. The van der Waals surface area contributed by atoms with Gasteiger partial charge in [-0.1, -0.05) is 0 Å². The van der Waals surface area contributed by atoms with Crippen LogP contribution in [0.25, 0.3) is 0 Å². The third-order valence-corrected chi connectivity index (χ3v) is 3.66. The lowest BCUT2D eigenvalue weighted by molar-refractivity contribution is -0.121. The number of hydrogen-bond donors (Lipinski definition) is 2.